The minimum atomic E-state index is -2.48. The summed E-state index contributed by atoms with van der Waals surface area (Å²) in [6, 6.07) is 1.83. The molecule has 2 heterocycles. The monoisotopic (exact) mass is 237 g/mol. The molecule has 17 heavy (non-hydrogen) atoms. The van der Waals surface area contributed by atoms with Crippen LogP contribution in [-0.4, -0.2) is 20.9 Å². The summed E-state index contributed by atoms with van der Waals surface area (Å²) in [5.41, 5.74) is 1.73. The van der Waals surface area contributed by atoms with E-state index in [1.807, 2.05) is 6.07 Å². The van der Waals surface area contributed by atoms with Crippen LogP contribution in [0.15, 0.2) is 18.5 Å². The van der Waals surface area contributed by atoms with Gasteiger partial charge in [0.15, 0.2) is 0 Å². The molecule has 90 valence electrons. The lowest BCUT2D eigenvalue weighted by molar-refractivity contribution is -0.0387. The number of fused-ring (bicyclic) bond motifs is 1. The molecule has 0 unspecified atom stereocenters. The number of hydrogen-bond acceptors (Lipinski definition) is 2. The maximum Gasteiger partial charge on any atom is 0.248 e. The Morgan fingerprint density at radius 2 is 2.06 bits per heavy atom. The number of aromatic amines is 1. The number of alkyl halides is 2. The van der Waals surface area contributed by atoms with Gasteiger partial charge in [0, 0.05) is 25.0 Å². The molecule has 5 heteroatoms. The van der Waals surface area contributed by atoms with Crippen molar-refractivity contribution in [3.63, 3.8) is 0 Å². The number of hydrogen-bond donors (Lipinski definition) is 1. The fraction of sp³-hybridized carbons (Fsp3) is 0.500. The van der Waals surface area contributed by atoms with Gasteiger partial charge in [-0.25, -0.2) is 13.8 Å². The summed E-state index contributed by atoms with van der Waals surface area (Å²) in [4.78, 5) is 11.6. The smallest absolute Gasteiger partial charge is 0.248 e. The van der Waals surface area contributed by atoms with Crippen molar-refractivity contribution >= 4 is 11.0 Å². The Balaban J connectivity index is 1.85. The Hall–Kier alpha value is -1.52. The molecule has 0 amide bonds. The second-order valence-electron chi connectivity index (χ2n) is 4.65. The van der Waals surface area contributed by atoms with Crippen molar-refractivity contribution in [2.45, 2.75) is 37.5 Å². The van der Waals surface area contributed by atoms with Crippen LogP contribution in [0.1, 0.15) is 37.4 Å². The first-order chi connectivity index (χ1) is 8.14. The highest BCUT2D eigenvalue weighted by Crippen LogP contribution is 2.40. The molecule has 0 aromatic carbocycles. The summed E-state index contributed by atoms with van der Waals surface area (Å²) in [6.07, 6.45) is 4.33. The van der Waals surface area contributed by atoms with Gasteiger partial charge in [-0.2, -0.15) is 0 Å². The summed E-state index contributed by atoms with van der Waals surface area (Å²) in [5, 5.41) is 0. The number of nitrogens with one attached hydrogen (secondary N) is 1. The van der Waals surface area contributed by atoms with Crippen LogP contribution in [0, 0.1) is 0 Å². The van der Waals surface area contributed by atoms with Crippen LogP contribution in [0.4, 0.5) is 8.78 Å². The Morgan fingerprint density at radius 3 is 2.76 bits per heavy atom. The van der Waals surface area contributed by atoms with E-state index >= 15 is 0 Å². The number of rotatable bonds is 1. The first-order valence-corrected chi connectivity index (χ1v) is 5.81. The molecule has 0 saturated heterocycles. The highest BCUT2D eigenvalue weighted by molar-refractivity contribution is 5.73. The van der Waals surface area contributed by atoms with E-state index in [2.05, 4.69) is 15.0 Å². The first kappa shape index (κ1) is 10.6. The third kappa shape index (κ3) is 2.01. The van der Waals surface area contributed by atoms with Gasteiger partial charge in [-0.1, -0.05) is 0 Å². The molecule has 1 fully saturated rings. The SMILES string of the molecule is FC1(F)CCC(c2nc3ccncc3[nH]2)CC1. The van der Waals surface area contributed by atoms with Crippen LogP contribution < -0.4 is 0 Å². The van der Waals surface area contributed by atoms with E-state index in [4.69, 9.17) is 0 Å². The number of aromatic nitrogens is 3. The molecule has 0 atom stereocenters. The Labute approximate surface area is 97.3 Å². The fourth-order valence-corrected chi connectivity index (χ4v) is 2.38. The van der Waals surface area contributed by atoms with Crippen LogP contribution in [-0.2, 0) is 0 Å². The fourth-order valence-electron chi connectivity index (χ4n) is 2.38. The third-order valence-electron chi connectivity index (χ3n) is 3.41. The van der Waals surface area contributed by atoms with Crippen molar-refractivity contribution in [2.75, 3.05) is 0 Å². The molecule has 0 radical (unpaired) electrons. The largest absolute Gasteiger partial charge is 0.340 e. The summed E-state index contributed by atoms with van der Waals surface area (Å²) >= 11 is 0. The summed E-state index contributed by atoms with van der Waals surface area (Å²) < 4.78 is 26.1. The number of imidazole rings is 1. The van der Waals surface area contributed by atoms with Crippen molar-refractivity contribution in [2.24, 2.45) is 0 Å². The van der Waals surface area contributed by atoms with Crippen molar-refractivity contribution < 1.29 is 8.78 Å². The average molecular weight is 237 g/mol. The van der Waals surface area contributed by atoms with Crippen LogP contribution in [0.2, 0.25) is 0 Å². The number of H-pyrrole nitrogens is 1. The molecule has 2 aromatic heterocycles. The predicted octanol–water partition coefficient (Wildman–Crippen LogP) is 3.25. The van der Waals surface area contributed by atoms with Crippen LogP contribution in [0.3, 0.4) is 0 Å². The van der Waals surface area contributed by atoms with E-state index in [0.717, 1.165) is 16.9 Å². The zero-order valence-corrected chi connectivity index (χ0v) is 9.29. The Kier molecular flexibility index (Phi) is 2.34. The lowest BCUT2D eigenvalue weighted by Gasteiger charge is -2.26. The van der Waals surface area contributed by atoms with Crippen molar-refractivity contribution in [1.29, 1.82) is 0 Å². The topological polar surface area (TPSA) is 41.6 Å². The Bertz CT molecular complexity index is 492. The number of pyridine rings is 1. The van der Waals surface area contributed by atoms with E-state index in [-0.39, 0.29) is 18.8 Å². The zero-order chi connectivity index (χ0) is 11.9. The minimum Gasteiger partial charge on any atom is -0.340 e. The van der Waals surface area contributed by atoms with Crippen molar-refractivity contribution in [3.8, 4) is 0 Å². The quantitative estimate of drug-likeness (QED) is 0.827. The first-order valence-electron chi connectivity index (χ1n) is 5.81. The maximum absolute atomic E-state index is 13.1. The molecule has 1 saturated carbocycles. The standard InChI is InChI=1S/C12H13F2N3/c13-12(14)4-1-8(2-5-12)11-16-9-3-6-15-7-10(9)17-11/h3,6-8H,1-2,4-5H2,(H,16,17). The van der Waals surface area contributed by atoms with E-state index in [0.29, 0.717) is 12.8 Å². The minimum absolute atomic E-state index is 0.0348. The predicted molar refractivity (Wildman–Crippen MR) is 60.0 cm³/mol. The van der Waals surface area contributed by atoms with Gasteiger partial charge >= 0.3 is 0 Å². The van der Waals surface area contributed by atoms with Crippen LogP contribution >= 0.6 is 0 Å². The lowest BCUT2D eigenvalue weighted by atomic mass is 9.86. The van der Waals surface area contributed by atoms with Crippen LogP contribution in [0.25, 0.3) is 11.0 Å². The van der Waals surface area contributed by atoms with Crippen molar-refractivity contribution in [3.05, 3.63) is 24.3 Å². The molecule has 0 bridgehead atoms. The third-order valence-corrected chi connectivity index (χ3v) is 3.41. The molecular formula is C12H13F2N3. The van der Waals surface area contributed by atoms with Gasteiger partial charge in [-0.05, 0) is 18.9 Å². The van der Waals surface area contributed by atoms with Gasteiger partial charge < -0.3 is 4.98 Å². The van der Waals surface area contributed by atoms with Gasteiger partial charge in [0.05, 0.1) is 17.2 Å². The molecule has 0 aliphatic heterocycles. The second-order valence-corrected chi connectivity index (χ2v) is 4.65. The van der Waals surface area contributed by atoms with E-state index < -0.39 is 5.92 Å². The molecule has 3 rings (SSSR count). The van der Waals surface area contributed by atoms with E-state index in [1.54, 1.807) is 12.4 Å². The average Bonchev–Trinajstić information content (AvgIpc) is 2.72. The van der Waals surface area contributed by atoms with Gasteiger partial charge in [-0.15, -0.1) is 0 Å². The van der Waals surface area contributed by atoms with Gasteiger partial charge in [-0.3, -0.25) is 4.98 Å². The molecular weight excluding hydrogens is 224 g/mol. The molecule has 1 aliphatic rings. The number of nitrogens with zero attached hydrogens (tertiary/aromatic N) is 2. The van der Waals surface area contributed by atoms with Gasteiger partial charge in [0.2, 0.25) is 5.92 Å². The second kappa shape index (κ2) is 3.75. The van der Waals surface area contributed by atoms with Crippen LogP contribution in [0.5, 0.6) is 0 Å². The molecule has 3 nitrogen and oxygen atoms in total. The highest BCUT2D eigenvalue weighted by atomic mass is 19.3. The molecule has 1 aliphatic carbocycles. The highest BCUT2D eigenvalue weighted by Gasteiger charge is 2.36. The molecule has 1 N–H and O–H groups in total. The van der Waals surface area contributed by atoms with Gasteiger partial charge in [0.25, 0.3) is 0 Å². The summed E-state index contributed by atoms with van der Waals surface area (Å²) in [5.74, 6) is -1.53. The molecule has 0 spiro atoms. The maximum atomic E-state index is 13.1. The normalized spacial score (nSPS) is 20.8. The summed E-state index contributed by atoms with van der Waals surface area (Å²) in [6.45, 7) is 0. The Morgan fingerprint density at radius 1 is 1.29 bits per heavy atom. The summed E-state index contributed by atoms with van der Waals surface area (Å²) in [7, 11) is 0. The van der Waals surface area contributed by atoms with E-state index in [1.165, 1.54) is 0 Å². The lowest BCUT2D eigenvalue weighted by Crippen LogP contribution is -2.24. The van der Waals surface area contributed by atoms with Crippen molar-refractivity contribution in [1.82, 2.24) is 15.0 Å². The van der Waals surface area contributed by atoms with E-state index in [9.17, 15) is 8.78 Å². The molecule has 2 aromatic rings. The van der Waals surface area contributed by atoms with Gasteiger partial charge in [0.1, 0.15) is 5.82 Å². The zero-order valence-electron chi connectivity index (χ0n) is 9.29. The number of halogens is 2.